The monoisotopic (exact) mass is 377 g/mol. The van der Waals surface area contributed by atoms with Gasteiger partial charge in [0.15, 0.2) is 0 Å². The number of thiophene rings is 1. The topological polar surface area (TPSA) is 90.2 Å². The molecule has 0 bridgehead atoms. The van der Waals surface area contributed by atoms with Crippen LogP contribution in [-0.2, 0) is 29.7 Å². The van der Waals surface area contributed by atoms with Crippen LogP contribution in [0.4, 0.5) is 0 Å². The molecule has 0 radical (unpaired) electrons. The minimum atomic E-state index is -3.49. The van der Waals surface area contributed by atoms with Gasteiger partial charge < -0.3 is 4.74 Å². The summed E-state index contributed by atoms with van der Waals surface area (Å²) in [4.78, 5) is 3.99. The summed E-state index contributed by atoms with van der Waals surface area (Å²) in [7, 11) is -3.49. The molecule has 3 aromatic heterocycles. The summed E-state index contributed by atoms with van der Waals surface area (Å²) < 4.78 is 34.7. The summed E-state index contributed by atoms with van der Waals surface area (Å²) in [6.45, 7) is 1.30. The first-order valence-corrected chi connectivity index (χ1v) is 9.94. The largest absolute Gasteiger partial charge is 0.486 e. The molecule has 0 atom stereocenters. The smallest absolute Gasteiger partial charge is 0.252 e. The third-order valence-corrected chi connectivity index (χ3v) is 7.12. The van der Waals surface area contributed by atoms with E-state index in [4.69, 9.17) is 4.74 Å². The van der Waals surface area contributed by atoms with Crippen LogP contribution in [0.15, 0.2) is 46.2 Å². The van der Waals surface area contributed by atoms with Gasteiger partial charge in [0, 0.05) is 12.7 Å². The molecule has 0 saturated heterocycles. The lowest BCUT2D eigenvalue weighted by Crippen LogP contribution is -2.38. The Balaban J connectivity index is 1.54. The normalized spacial score (nSPS) is 15.0. The number of ether oxygens (including phenoxy) is 1. The molecule has 130 valence electrons. The van der Waals surface area contributed by atoms with Crippen molar-refractivity contribution in [2.75, 3.05) is 6.54 Å². The Morgan fingerprint density at radius 2 is 2.16 bits per heavy atom. The van der Waals surface area contributed by atoms with Crippen molar-refractivity contribution in [3.63, 3.8) is 0 Å². The van der Waals surface area contributed by atoms with Crippen molar-refractivity contribution in [3.05, 3.63) is 53.4 Å². The van der Waals surface area contributed by atoms with Gasteiger partial charge in [0.05, 0.1) is 25.0 Å². The molecule has 0 saturated carbocycles. The maximum Gasteiger partial charge on any atom is 0.252 e. The van der Waals surface area contributed by atoms with Crippen LogP contribution >= 0.6 is 11.3 Å². The van der Waals surface area contributed by atoms with Crippen LogP contribution in [-0.4, -0.2) is 39.2 Å². The van der Waals surface area contributed by atoms with Crippen LogP contribution in [0.1, 0.15) is 11.4 Å². The number of hydrogen-bond acceptors (Lipinski definition) is 7. The number of sulfonamides is 1. The highest BCUT2D eigenvalue weighted by Crippen LogP contribution is 2.25. The Bertz CT molecular complexity index is 954. The minimum Gasteiger partial charge on any atom is -0.486 e. The number of aromatic nitrogens is 4. The molecule has 0 amide bonds. The SMILES string of the molecule is O=S(=O)(c1cccs1)N1CCn2nnc(COc3cccnc3)c2C1. The summed E-state index contributed by atoms with van der Waals surface area (Å²) in [6.07, 6.45) is 3.28. The van der Waals surface area contributed by atoms with Crippen molar-refractivity contribution in [1.82, 2.24) is 24.3 Å². The molecule has 4 rings (SSSR count). The number of hydrogen-bond donors (Lipinski definition) is 0. The number of nitrogens with zero attached hydrogens (tertiary/aromatic N) is 5. The number of rotatable bonds is 5. The van der Waals surface area contributed by atoms with Crippen LogP contribution in [0, 0.1) is 0 Å². The second-order valence-electron chi connectivity index (χ2n) is 5.45. The molecule has 1 aliphatic rings. The van der Waals surface area contributed by atoms with Crippen molar-refractivity contribution < 1.29 is 13.2 Å². The maximum absolute atomic E-state index is 12.7. The Morgan fingerprint density at radius 3 is 2.92 bits per heavy atom. The first-order valence-electron chi connectivity index (χ1n) is 7.62. The van der Waals surface area contributed by atoms with Crippen molar-refractivity contribution in [2.45, 2.75) is 23.9 Å². The first-order chi connectivity index (χ1) is 12.1. The average molecular weight is 377 g/mol. The molecule has 25 heavy (non-hydrogen) atoms. The van der Waals surface area contributed by atoms with E-state index in [2.05, 4.69) is 15.3 Å². The van der Waals surface area contributed by atoms with Gasteiger partial charge in [-0.25, -0.2) is 13.1 Å². The van der Waals surface area contributed by atoms with Gasteiger partial charge >= 0.3 is 0 Å². The lowest BCUT2D eigenvalue weighted by atomic mass is 10.3. The molecule has 0 spiro atoms. The average Bonchev–Trinajstić information content (AvgIpc) is 3.31. The van der Waals surface area contributed by atoms with E-state index in [0.29, 0.717) is 28.7 Å². The molecule has 3 aromatic rings. The molecule has 0 aliphatic carbocycles. The third-order valence-electron chi connectivity index (χ3n) is 3.90. The summed E-state index contributed by atoms with van der Waals surface area (Å²) in [5, 5.41) is 10.0. The van der Waals surface area contributed by atoms with E-state index in [1.165, 1.54) is 15.6 Å². The second kappa shape index (κ2) is 6.54. The maximum atomic E-state index is 12.7. The fourth-order valence-corrected chi connectivity index (χ4v) is 5.15. The van der Waals surface area contributed by atoms with Crippen molar-refractivity contribution in [1.29, 1.82) is 0 Å². The predicted molar refractivity (Wildman–Crippen MR) is 90.5 cm³/mol. The molecular weight excluding hydrogens is 362 g/mol. The molecular formula is C15H15N5O3S2. The molecule has 0 unspecified atom stereocenters. The summed E-state index contributed by atoms with van der Waals surface area (Å²) in [6, 6.07) is 6.94. The van der Waals surface area contributed by atoms with E-state index >= 15 is 0 Å². The Hall–Kier alpha value is -2.30. The van der Waals surface area contributed by atoms with Crippen LogP contribution in [0.2, 0.25) is 0 Å². The third kappa shape index (κ3) is 3.15. The van der Waals surface area contributed by atoms with Gasteiger partial charge in [-0.15, -0.1) is 16.4 Å². The fourth-order valence-electron chi connectivity index (χ4n) is 2.61. The van der Waals surface area contributed by atoms with E-state index in [1.54, 1.807) is 46.7 Å². The van der Waals surface area contributed by atoms with Gasteiger partial charge in [0.25, 0.3) is 10.0 Å². The Labute approximate surface area is 148 Å². The molecule has 0 N–H and O–H groups in total. The molecule has 1 aliphatic heterocycles. The predicted octanol–water partition coefficient (Wildman–Crippen LogP) is 1.52. The van der Waals surface area contributed by atoms with Crippen molar-refractivity contribution >= 4 is 21.4 Å². The lowest BCUT2D eigenvalue weighted by Gasteiger charge is -2.26. The van der Waals surface area contributed by atoms with Crippen molar-refractivity contribution in [2.24, 2.45) is 0 Å². The van der Waals surface area contributed by atoms with Gasteiger partial charge in [0.1, 0.15) is 22.3 Å². The highest BCUT2D eigenvalue weighted by Gasteiger charge is 2.31. The van der Waals surface area contributed by atoms with Crippen LogP contribution in [0.5, 0.6) is 5.75 Å². The zero-order valence-corrected chi connectivity index (χ0v) is 14.8. The van der Waals surface area contributed by atoms with Crippen molar-refractivity contribution in [3.8, 4) is 5.75 Å². The Kier molecular flexibility index (Phi) is 4.24. The standard InChI is InChI=1S/C15H15N5O3S2/c21-25(22,15-4-2-8-24-15)19-6-7-20-14(10-19)13(17-18-20)11-23-12-3-1-5-16-9-12/h1-5,8-9H,6-7,10-11H2. The van der Waals surface area contributed by atoms with Gasteiger partial charge in [-0.05, 0) is 23.6 Å². The van der Waals surface area contributed by atoms with Crippen LogP contribution in [0.3, 0.4) is 0 Å². The van der Waals surface area contributed by atoms with Crippen LogP contribution in [0.25, 0.3) is 0 Å². The highest BCUT2D eigenvalue weighted by atomic mass is 32.2. The molecule has 0 aromatic carbocycles. The fraction of sp³-hybridized carbons (Fsp3) is 0.267. The molecule has 0 fully saturated rings. The van der Waals surface area contributed by atoms with Gasteiger partial charge in [-0.1, -0.05) is 11.3 Å². The van der Waals surface area contributed by atoms with Gasteiger partial charge in [-0.2, -0.15) is 4.31 Å². The van der Waals surface area contributed by atoms with E-state index in [1.807, 2.05) is 0 Å². The summed E-state index contributed by atoms with van der Waals surface area (Å²) in [5.74, 6) is 0.628. The zero-order chi connectivity index (χ0) is 17.3. The first kappa shape index (κ1) is 16.2. The Morgan fingerprint density at radius 1 is 1.24 bits per heavy atom. The molecule has 10 heteroatoms. The second-order valence-corrected chi connectivity index (χ2v) is 8.57. The number of fused-ring (bicyclic) bond motifs is 1. The number of pyridine rings is 1. The van der Waals surface area contributed by atoms with Gasteiger partial charge in [-0.3, -0.25) is 4.98 Å². The lowest BCUT2D eigenvalue weighted by molar-refractivity contribution is 0.290. The van der Waals surface area contributed by atoms with E-state index in [9.17, 15) is 8.42 Å². The van der Waals surface area contributed by atoms with Crippen LogP contribution < -0.4 is 4.74 Å². The zero-order valence-electron chi connectivity index (χ0n) is 13.1. The minimum absolute atomic E-state index is 0.216. The summed E-state index contributed by atoms with van der Waals surface area (Å²) in [5.41, 5.74) is 1.39. The van der Waals surface area contributed by atoms with Gasteiger partial charge in [0.2, 0.25) is 0 Å². The quantitative estimate of drug-likeness (QED) is 0.670. The molecule has 4 heterocycles. The summed E-state index contributed by atoms with van der Waals surface area (Å²) >= 11 is 1.22. The van der Waals surface area contributed by atoms with E-state index < -0.39 is 10.0 Å². The van der Waals surface area contributed by atoms with E-state index in [-0.39, 0.29) is 13.2 Å². The highest BCUT2D eigenvalue weighted by molar-refractivity contribution is 7.91. The molecule has 8 nitrogen and oxygen atoms in total. The van der Waals surface area contributed by atoms with E-state index in [0.717, 1.165) is 5.69 Å².